The van der Waals surface area contributed by atoms with E-state index in [1.54, 1.807) is 10.6 Å². The highest BCUT2D eigenvalue weighted by Gasteiger charge is 2.12. The van der Waals surface area contributed by atoms with E-state index in [4.69, 9.17) is 4.42 Å². The van der Waals surface area contributed by atoms with E-state index in [0.29, 0.717) is 25.0 Å². The molecule has 0 spiro atoms. The van der Waals surface area contributed by atoms with Crippen molar-refractivity contribution in [3.63, 3.8) is 0 Å². The molecule has 2 aromatic carbocycles. The van der Waals surface area contributed by atoms with E-state index in [1.165, 1.54) is 18.5 Å². The smallest absolute Gasteiger partial charge is 0.408 e. The lowest BCUT2D eigenvalue weighted by molar-refractivity contribution is -0.116. The van der Waals surface area contributed by atoms with E-state index in [2.05, 4.69) is 22.3 Å². The van der Waals surface area contributed by atoms with Crippen molar-refractivity contribution >= 4 is 28.4 Å². The highest BCUT2D eigenvalue weighted by Crippen LogP contribution is 2.22. The van der Waals surface area contributed by atoms with Crippen molar-refractivity contribution in [2.24, 2.45) is 0 Å². The van der Waals surface area contributed by atoms with Crippen LogP contribution in [0, 0.1) is 0 Å². The molecule has 1 amide bonds. The molecule has 1 aliphatic rings. The molecule has 140 valence electrons. The summed E-state index contributed by atoms with van der Waals surface area (Å²) in [6.07, 6.45) is 3.40. The molecule has 1 saturated heterocycles. The number of amides is 1. The third-order valence-electron chi connectivity index (χ3n) is 4.98. The fourth-order valence-corrected chi connectivity index (χ4v) is 3.58. The van der Waals surface area contributed by atoms with Gasteiger partial charge in [-0.05, 0) is 55.7 Å². The first kappa shape index (κ1) is 17.4. The molecule has 1 N–H and O–H groups in total. The number of anilines is 2. The Morgan fingerprint density at radius 2 is 1.78 bits per heavy atom. The lowest BCUT2D eigenvalue weighted by Crippen LogP contribution is -2.18. The maximum atomic E-state index is 12.2. The third-order valence-corrected chi connectivity index (χ3v) is 4.98. The molecule has 6 nitrogen and oxygen atoms in total. The molecule has 4 rings (SSSR count). The van der Waals surface area contributed by atoms with Crippen LogP contribution in [0.4, 0.5) is 11.4 Å². The quantitative estimate of drug-likeness (QED) is 0.725. The number of hydrogen-bond acceptors (Lipinski definition) is 4. The first-order valence-electron chi connectivity index (χ1n) is 9.44. The first-order valence-corrected chi connectivity index (χ1v) is 9.44. The number of rotatable bonds is 6. The van der Waals surface area contributed by atoms with Crippen LogP contribution in [0.15, 0.2) is 57.7 Å². The van der Waals surface area contributed by atoms with Crippen molar-refractivity contribution in [3.8, 4) is 0 Å². The molecular formula is C21H23N3O3. The van der Waals surface area contributed by atoms with Crippen LogP contribution in [-0.4, -0.2) is 23.6 Å². The number of aryl methyl sites for hydroxylation is 1. The number of nitrogens with one attached hydrogen (secondary N) is 1. The molecule has 1 aromatic heterocycles. The second-order valence-corrected chi connectivity index (χ2v) is 6.88. The van der Waals surface area contributed by atoms with Crippen LogP contribution in [-0.2, 0) is 11.3 Å². The average molecular weight is 365 g/mol. The van der Waals surface area contributed by atoms with Gasteiger partial charge in [0, 0.05) is 37.4 Å². The Kier molecular flexibility index (Phi) is 4.96. The Labute approximate surface area is 157 Å². The highest BCUT2D eigenvalue weighted by atomic mass is 16.4. The van der Waals surface area contributed by atoms with Crippen molar-refractivity contribution in [2.75, 3.05) is 23.3 Å². The zero-order valence-corrected chi connectivity index (χ0v) is 15.2. The number of nitrogens with zero attached hydrogens (tertiary/aromatic N) is 2. The SMILES string of the molecule is O=C(CCCn1c(=O)oc2ccccc21)Nc1ccc(N2CCCC2)cc1. The summed E-state index contributed by atoms with van der Waals surface area (Å²) in [5.74, 6) is -0.432. The van der Waals surface area contributed by atoms with Gasteiger partial charge in [-0.15, -0.1) is 0 Å². The Morgan fingerprint density at radius 1 is 1.04 bits per heavy atom. The van der Waals surface area contributed by atoms with Crippen molar-refractivity contribution in [1.82, 2.24) is 4.57 Å². The van der Waals surface area contributed by atoms with Gasteiger partial charge in [-0.3, -0.25) is 9.36 Å². The number of hydrogen-bond donors (Lipinski definition) is 1. The monoisotopic (exact) mass is 365 g/mol. The fourth-order valence-electron chi connectivity index (χ4n) is 3.58. The largest absolute Gasteiger partial charge is 0.419 e. The Bertz CT molecular complexity index is 982. The van der Waals surface area contributed by atoms with Crippen LogP contribution >= 0.6 is 0 Å². The van der Waals surface area contributed by atoms with E-state index in [-0.39, 0.29) is 11.7 Å². The van der Waals surface area contributed by atoms with E-state index in [0.717, 1.165) is 24.3 Å². The van der Waals surface area contributed by atoms with E-state index in [1.807, 2.05) is 30.3 Å². The van der Waals surface area contributed by atoms with Gasteiger partial charge in [0.25, 0.3) is 0 Å². The topological polar surface area (TPSA) is 67.5 Å². The lowest BCUT2D eigenvalue weighted by atomic mass is 10.2. The Balaban J connectivity index is 1.30. The zero-order valence-electron chi connectivity index (χ0n) is 15.2. The minimum absolute atomic E-state index is 0.0511. The summed E-state index contributed by atoms with van der Waals surface area (Å²) in [4.78, 5) is 26.5. The van der Waals surface area contributed by atoms with Gasteiger partial charge in [0.2, 0.25) is 5.91 Å². The van der Waals surface area contributed by atoms with Crippen molar-refractivity contribution in [2.45, 2.75) is 32.2 Å². The molecule has 0 atom stereocenters. The second kappa shape index (κ2) is 7.70. The molecule has 0 unspecified atom stereocenters. The van der Waals surface area contributed by atoms with Gasteiger partial charge in [-0.25, -0.2) is 4.79 Å². The van der Waals surface area contributed by atoms with Gasteiger partial charge < -0.3 is 14.6 Å². The predicted molar refractivity (Wildman–Crippen MR) is 106 cm³/mol. The summed E-state index contributed by atoms with van der Waals surface area (Å²) in [6.45, 7) is 2.67. The molecule has 1 aliphatic heterocycles. The average Bonchev–Trinajstić information content (AvgIpc) is 3.31. The van der Waals surface area contributed by atoms with Crippen LogP contribution in [0.2, 0.25) is 0 Å². The van der Waals surface area contributed by atoms with Gasteiger partial charge in [0.1, 0.15) is 0 Å². The molecule has 3 aromatic rings. The van der Waals surface area contributed by atoms with E-state index >= 15 is 0 Å². The molecule has 0 saturated carbocycles. The summed E-state index contributed by atoms with van der Waals surface area (Å²) >= 11 is 0. The molecule has 1 fully saturated rings. The summed E-state index contributed by atoms with van der Waals surface area (Å²) in [5.41, 5.74) is 3.34. The molecule has 0 bridgehead atoms. The van der Waals surface area contributed by atoms with Crippen LogP contribution in [0.1, 0.15) is 25.7 Å². The third kappa shape index (κ3) is 3.89. The molecule has 0 radical (unpaired) electrons. The minimum atomic E-state index is -0.380. The number of oxazole rings is 1. The van der Waals surface area contributed by atoms with Crippen LogP contribution in [0.3, 0.4) is 0 Å². The maximum Gasteiger partial charge on any atom is 0.419 e. The minimum Gasteiger partial charge on any atom is -0.408 e. The van der Waals surface area contributed by atoms with Crippen LogP contribution < -0.4 is 16.0 Å². The number of fused-ring (bicyclic) bond motifs is 1. The summed E-state index contributed by atoms with van der Waals surface area (Å²) in [5, 5.41) is 2.92. The second-order valence-electron chi connectivity index (χ2n) is 6.88. The van der Waals surface area contributed by atoms with E-state index < -0.39 is 0 Å². The molecule has 6 heteroatoms. The number of para-hydroxylation sites is 2. The van der Waals surface area contributed by atoms with Gasteiger partial charge >= 0.3 is 5.76 Å². The summed E-state index contributed by atoms with van der Waals surface area (Å²) in [6, 6.07) is 15.3. The fraction of sp³-hybridized carbons (Fsp3) is 0.333. The normalized spacial score (nSPS) is 14.0. The lowest BCUT2D eigenvalue weighted by Gasteiger charge is -2.17. The van der Waals surface area contributed by atoms with Gasteiger partial charge in [-0.1, -0.05) is 12.1 Å². The Morgan fingerprint density at radius 3 is 2.56 bits per heavy atom. The van der Waals surface area contributed by atoms with Crippen molar-refractivity contribution in [3.05, 3.63) is 59.1 Å². The van der Waals surface area contributed by atoms with Crippen LogP contribution in [0.5, 0.6) is 0 Å². The number of aromatic nitrogens is 1. The predicted octanol–water partition coefficient (Wildman–Crippen LogP) is 3.61. The van der Waals surface area contributed by atoms with Gasteiger partial charge in [0.05, 0.1) is 5.52 Å². The van der Waals surface area contributed by atoms with E-state index in [9.17, 15) is 9.59 Å². The molecular weight excluding hydrogens is 342 g/mol. The number of benzene rings is 2. The standard InChI is InChI=1S/C21H23N3O3/c25-20(22-16-9-11-17(12-10-16)23-13-3-4-14-23)8-5-15-24-18-6-1-2-7-19(18)27-21(24)26/h1-2,6-7,9-12H,3-5,8,13-15H2,(H,22,25). The first-order chi connectivity index (χ1) is 13.2. The zero-order chi connectivity index (χ0) is 18.6. The molecule has 2 heterocycles. The molecule has 27 heavy (non-hydrogen) atoms. The highest BCUT2D eigenvalue weighted by molar-refractivity contribution is 5.90. The number of carbonyl (C=O) groups excluding carboxylic acids is 1. The van der Waals surface area contributed by atoms with Gasteiger partial charge in [-0.2, -0.15) is 0 Å². The van der Waals surface area contributed by atoms with Crippen molar-refractivity contribution < 1.29 is 9.21 Å². The molecule has 0 aliphatic carbocycles. The summed E-state index contributed by atoms with van der Waals surface area (Å²) in [7, 11) is 0. The number of carbonyl (C=O) groups is 1. The van der Waals surface area contributed by atoms with Crippen molar-refractivity contribution in [1.29, 1.82) is 0 Å². The van der Waals surface area contributed by atoms with Crippen LogP contribution in [0.25, 0.3) is 11.1 Å². The van der Waals surface area contributed by atoms with Gasteiger partial charge in [0.15, 0.2) is 5.58 Å². The summed E-state index contributed by atoms with van der Waals surface area (Å²) < 4.78 is 6.79. The Hall–Kier alpha value is -3.02. The maximum absolute atomic E-state index is 12.2.